The molecule has 0 aliphatic rings. The zero-order valence-electron chi connectivity index (χ0n) is 53.3. The van der Waals surface area contributed by atoms with Gasteiger partial charge in [0.05, 0.1) is 0 Å². The average molecular weight is 1130 g/mol. The van der Waals surface area contributed by atoms with E-state index in [-0.39, 0.29) is 31.1 Å². The van der Waals surface area contributed by atoms with E-state index in [1.165, 1.54) is 167 Å². The van der Waals surface area contributed by atoms with E-state index in [0.29, 0.717) is 19.3 Å². The molecule has 0 saturated heterocycles. The fourth-order valence-electron chi connectivity index (χ4n) is 9.59. The molecule has 6 heteroatoms. The normalized spacial score (nSPS) is 12.8. The minimum atomic E-state index is -0.793. The lowest BCUT2D eigenvalue weighted by molar-refractivity contribution is -0.167. The van der Waals surface area contributed by atoms with Crippen LogP contribution < -0.4 is 0 Å². The van der Waals surface area contributed by atoms with E-state index in [9.17, 15) is 14.4 Å². The van der Waals surface area contributed by atoms with Gasteiger partial charge in [-0.05, 0) is 128 Å². The maximum atomic E-state index is 13.0. The van der Waals surface area contributed by atoms with Crippen molar-refractivity contribution in [1.82, 2.24) is 0 Å². The van der Waals surface area contributed by atoms with Gasteiger partial charge >= 0.3 is 17.9 Å². The first-order valence-electron chi connectivity index (χ1n) is 34.4. The van der Waals surface area contributed by atoms with Crippen molar-refractivity contribution in [3.8, 4) is 0 Å². The fraction of sp³-hybridized carbons (Fsp3) is 0.720. The maximum Gasteiger partial charge on any atom is 0.306 e. The van der Waals surface area contributed by atoms with Gasteiger partial charge < -0.3 is 14.2 Å². The molecule has 0 aromatic rings. The molecule has 0 N–H and O–H groups in total. The number of allylic oxidation sites excluding steroid dienone is 18. The Morgan fingerprint density at radius 1 is 0.259 bits per heavy atom. The second kappa shape index (κ2) is 68.6. The van der Waals surface area contributed by atoms with Gasteiger partial charge in [0.1, 0.15) is 13.2 Å². The minimum absolute atomic E-state index is 0.0876. The first-order chi connectivity index (χ1) is 40.0. The second-order valence-electron chi connectivity index (χ2n) is 22.7. The predicted octanol–water partition coefficient (Wildman–Crippen LogP) is 23.8. The van der Waals surface area contributed by atoms with Gasteiger partial charge in [0.25, 0.3) is 0 Å². The van der Waals surface area contributed by atoms with Crippen LogP contribution in [-0.2, 0) is 28.6 Å². The maximum absolute atomic E-state index is 13.0. The summed E-state index contributed by atoms with van der Waals surface area (Å²) < 4.78 is 17.0. The van der Waals surface area contributed by atoms with Crippen LogP contribution in [0, 0.1) is 0 Å². The molecule has 0 rings (SSSR count). The third-order valence-electron chi connectivity index (χ3n) is 14.7. The van der Waals surface area contributed by atoms with E-state index in [4.69, 9.17) is 14.2 Å². The first kappa shape index (κ1) is 77.1. The molecule has 1 unspecified atom stereocenters. The molecule has 6 nitrogen and oxygen atoms in total. The van der Waals surface area contributed by atoms with Gasteiger partial charge in [-0.3, -0.25) is 14.4 Å². The van der Waals surface area contributed by atoms with E-state index in [1.807, 2.05) is 0 Å². The number of hydrogen-bond donors (Lipinski definition) is 0. The van der Waals surface area contributed by atoms with Crippen molar-refractivity contribution in [3.63, 3.8) is 0 Å². The minimum Gasteiger partial charge on any atom is -0.462 e. The number of hydrogen-bond acceptors (Lipinski definition) is 6. The Morgan fingerprint density at radius 2 is 0.481 bits per heavy atom. The lowest BCUT2D eigenvalue weighted by Crippen LogP contribution is -2.30. The van der Waals surface area contributed by atoms with Crippen molar-refractivity contribution < 1.29 is 28.6 Å². The van der Waals surface area contributed by atoms with E-state index in [2.05, 4.69) is 130 Å². The first-order valence-corrected chi connectivity index (χ1v) is 34.4. The van der Waals surface area contributed by atoms with Crippen molar-refractivity contribution in [3.05, 3.63) is 109 Å². The molecule has 0 saturated carbocycles. The van der Waals surface area contributed by atoms with Crippen LogP contribution in [0.1, 0.15) is 329 Å². The fourth-order valence-corrected chi connectivity index (χ4v) is 9.59. The highest BCUT2D eigenvalue weighted by Gasteiger charge is 2.19. The summed E-state index contributed by atoms with van der Waals surface area (Å²) in [6.45, 7) is 6.51. The van der Waals surface area contributed by atoms with Crippen LogP contribution in [-0.4, -0.2) is 37.2 Å². The smallest absolute Gasteiger partial charge is 0.306 e. The standard InChI is InChI=1S/C75H128O6/c1-4-7-10-13-16-19-22-25-28-31-33-35-36-37-38-40-41-44-47-50-53-56-59-62-65-68-74(77)80-71-72(70-79-73(76)67-64-61-58-55-52-49-46-43-30-27-24-21-18-15-12-9-6-3)81-75(78)69-66-63-60-57-54-51-48-45-42-39-34-32-29-26-23-20-17-14-11-8-5-2/h7,10,16,18-19,21,25,27-28,30,32-35,37-38,41,44,72H,4-6,8-9,11-15,17,20,22-24,26,29,31,36,39-40,42-43,45-71H2,1-3H3/b10-7-,19-16-,21-18-,28-25-,30-27-,34-32-,35-33-,38-37-,44-41-. The van der Waals surface area contributed by atoms with Gasteiger partial charge in [0.15, 0.2) is 6.10 Å². The highest BCUT2D eigenvalue weighted by Crippen LogP contribution is 2.16. The molecule has 0 heterocycles. The van der Waals surface area contributed by atoms with Crippen LogP contribution in [0.25, 0.3) is 0 Å². The number of carbonyl (C=O) groups excluding carboxylic acids is 3. The van der Waals surface area contributed by atoms with Gasteiger partial charge in [-0.1, -0.05) is 291 Å². The molecule has 0 aliphatic heterocycles. The number of carbonyl (C=O) groups is 3. The van der Waals surface area contributed by atoms with Crippen molar-refractivity contribution in [2.45, 2.75) is 335 Å². The molecule has 81 heavy (non-hydrogen) atoms. The molecular formula is C75H128O6. The largest absolute Gasteiger partial charge is 0.462 e. The molecule has 0 amide bonds. The molecule has 0 aromatic heterocycles. The second-order valence-corrected chi connectivity index (χ2v) is 22.7. The highest BCUT2D eigenvalue weighted by molar-refractivity contribution is 5.71. The van der Waals surface area contributed by atoms with E-state index in [0.717, 1.165) is 122 Å². The monoisotopic (exact) mass is 1120 g/mol. The van der Waals surface area contributed by atoms with Crippen LogP contribution >= 0.6 is 0 Å². The third kappa shape index (κ3) is 66.8. The van der Waals surface area contributed by atoms with E-state index >= 15 is 0 Å². The van der Waals surface area contributed by atoms with Crippen LogP contribution in [0.5, 0.6) is 0 Å². The molecule has 0 radical (unpaired) electrons. The lowest BCUT2D eigenvalue weighted by atomic mass is 10.1. The van der Waals surface area contributed by atoms with Crippen molar-refractivity contribution >= 4 is 17.9 Å². The summed E-state index contributed by atoms with van der Waals surface area (Å²) in [5, 5.41) is 0. The van der Waals surface area contributed by atoms with Crippen molar-refractivity contribution in [1.29, 1.82) is 0 Å². The average Bonchev–Trinajstić information content (AvgIpc) is 3.47. The SMILES string of the molecule is CC/C=C\C/C=C\C/C=C\C/C=C\C/C=C\C/C=C\CCCCCCCCC(=O)OCC(COC(=O)CCCCCCCCC/C=C\C/C=C\CCCCC)OC(=O)CCCCCCCCCCC/C=C\CCCCCCCCCC. The summed E-state index contributed by atoms with van der Waals surface area (Å²) in [5.74, 6) is -0.900. The summed E-state index contributed by atoms with van der Waals surface area (Å²) in [6.07, 6.45) is 93.8. The molecule has 464 valence electrons. The predicted molar refractivity (Wildman–Crippen MR) is 353 cm³/mol. The highest BCUT2D eigenvalue weighted by atomic mass is 16.6. The zero-order valence-corrected chi connectivity index (χ0v) is 53.3. The summed E-state index contributed by atoms with van der Waals surface area (Å²) in [6, 6.07) is 0. The van der Waals surface area contributed by atoms with Crippen LogP contribution in [0.3, 0.4) is 0 Å². The van der Waals surface area contributed by atoms with Crippen molar-refractivity contribution in [2.24, 2.45) is 0 Å². The Morgan fingerprint density at radius 3 is 0.790 bits per heavy atom. The van der Waals surface area contributed by atoms with Gasteiger partial charge in [-0.25, -0.2) is 0 Å². The topological polar surface area (TPSA) is 78.9 Å². The summed E-state index contributed by atoms with van der Waals surface area (Å²) >= 11 is 0. The Labute approximate surface area is 501 Å². The zero-order chi connectivity index (χ0) is 58.5. The molecule has 1 atom stereocenters. The van der Waals surface area contributed by atoms with Gasteiger partial charge in [0, 0.05) is 19.3 Å². The molecule has 0 aromatic carbocycles. The van der Waals surface area contributed by atoms with Crippen LogP contribution in [0.2, 0.25) is 0 Å². The lowest BCUT2D eigenvalue weighted by Gasteiger charge is -2.18. The Kier molecular flexibility index (Phi) is 65.2. The van der Waals surface area contributed by atoms with Crippen LogP contribution in [0.15, 0.2) is 109 Å². The third-order valence-corrected chi connectivity index (χ3v) is 14.7. The van der Waals surface area contributed by atoms with Crippen molar-refractivity contribution in [2.75, 3.05) is 13.2 Å². The number of rotatable bonds is 62. The molecule has 0 bridgehead atoms. The quantitative estimate of drug-likeness (QED) is 0.0261. The van der Waals surface area contributed by atoms with Gasteiger partial charge in [0.2, 0.25) is 0 Å². The molecule has 0 aliphatic carbocycles. The number of unbranched alkanes of at least 4 members (excludes halogenated alkanes) is 33. The molecule has 0 fully saturated rings. The Balaban J connectivity index is 4.42. The van der Waals surface area contributed by atoms with Gasteiger partial charge in [-0.2, -0.15) is 0 Å². The summed E-state index contributed by atoms with van der Waals surface area (Å²) in [4.78, 5) is 38.5. The van der Waals surface area contributed by atoms with E-state index in [1.54, 1.807) is 0 Å². The summed E-state index contributed by atoms with van der Waals surface area (Å²) in [7, 11) is 0. The molecular weight excluding hydrogens is 997 g/mol. The number of esters is 3. The summed E-state index contributed by atoms with van der Waals surface area (Å²) in [5.41, 5.74) is 0. The number of ether oxygens (including phenoxy) is 3. The van der Waals surface area contributed by atoms with E-state index < -0.39 is 6.10 Å². The van der Waals surface area contributed by atoms with Gasteiger partial charge in [-0.15, -0.1) is 0 Å². The van der Waals surface area contributed by atoms with Crippen LogP contribution in [0.4, 0.5) is 0 Å². The Bertz CT molecular complexity index is 1620. The molecule has 0 spiro atoms. The Hall–Kier alpha value is -3.93.